The highest BCUT2D eigenvalue weighted by molar-refractivity contribution is 6.22. The molecule has 0 unspecified atom stereocenters. The van der Waals surface area contributed by atoms with E-state index in [0.717, 1.165) is 76.6 Å². The molecular formula is C29H38N6O3. The number of carbonyl (C=O) groups is 3. The van der Waals surface area contributed by atoms with Crippen LogP contribution >= 0.6 is 0 Å². The zero-order chi connectivity index (χ0) is 26.6. The summed E-state index contributed by atoms with van der Waals surface area (Å²) in [5.74, 6) is -0.182. The maximum absolute atomic E-state index is 13.2. The second kappa shape index (κ2) is 11.7. The Bertz CT molecular complexity index is 1110. The lowest BCUT2D eigenvalue weighted by molar-refractivity contribution is -0.117. The van der Waals surface area contributed by atoms with Gasteiger partial charge in [-0.25, -0.2) is 0 Å². The standard InChI is InChI=1S/C29H38N6O3/c1-32-11-15-34(16-12-32)9-7-27(36)30-21-3-5-23-24-6-4-22(20-26(24)29(38)25(23)19-21)31-28(37)8-10-35-17-13-33(2)14-18-35/h3-6,19-20H,7-18H2,1-2H3,(H,30,36)(H,31,37). The van der Waals surface area contributed by atoms with Crippen molar-refractivity contribution in [1.29, 1.82) is 0 Å². The predicted octanol–water partition coefficient (Wildman–Crippen LogP) is 2.05. The van der Waals surface area contributed by atoms with Gasteiger partial charge < -0.3 is 30.2 Å². The first kappa shape index (κ1) is 26.5. The van der Waals surface area contributed by atoms with Crippen LogP contribution in [0.2, 0.25) is 0 Å². The number of ketones is 1. The molecule has 0 saturated carbocycles. The minimum absolute atomic E-state index is 0.0478. The van der Waals surface area contributed by atoms with Crippen molar-refractivity contribution in [2.24, 2.45) is 0 Å². The van der Waals surface area contributed by atoms with E-state index >= 15 is 0 Å². The van der Waals surface area contributed by atoms with Crippen LogP contribution in [0, 0.1) is 0 Å². The summed E-state index contributed by atoms with van der Waals surface area (Å²) in [6, 6.07) is 11.0. The second-order valence-electron chi connectivity index (χ2n) is 10.7. The topological polar surface area (TPSA) is 88.2 Å². The minimum atomic E-state index is -0.0860. The number of nitrogens with one attached hydrogen (secondary N) is 2. The third kappa shape index (κ3) is 6.30. The zero-order valence-corrected chi connectivity index (χ0v) is 22.5. The molecule has 38 heavy (non-hydrogen) atoms. The molecule has 0 spiro atoms. The number of hydrogen-bond donors (Lipinski definition) is 2. The van der Waals surface area contributed by atoms with Crippen molar-refractivity contribution in [3.8, 4) is 11.1 Å². The van der Waals surface area contributed by atoms with Crippen molar-refractivity contribution in [1.82, 2.24) is 19.6 Å². The van der Waals surface area contributed by atoms with Crippen LogP contribution in [-0.4, -0.2) is 117 Å². The molecule has 0 bridgehead atoms. The van der Waals surface area contributed by atoms with Crippen molar-refractivity contribution in [2.45, 2.75) is 12.8 Å². The summed E-state index contributed by atoms with van der Waals surface area (Å²) in [6.07, 6.45) is 0.847. The Kier molecular flexibility index (Phi) is 8.18. The van der Waals surface area contributed by atoms with Crippen LogP contribution in [0.15, 0.2) is 36.4 Å². The van der Waals surface area contributed by atoms with Gasteiger partial charge in [0.1, 0.15) is 0 Å². The highest BCUT2D eigenvalue weighted by atomic mass is 16.2. The van der Waals surface area contributed by atoms with Gasteiger partial charge in [-0.15, -0.1) is 0 Å². The van der Waals surface area contributed by atoms with Crippen LogP contribution < -0.4 is 10.6 Å². The van der Waals surface area contributed by atoms with E-state index in [-0.39, 0.29) is 17.6 Å². The lowest BCUT2D eigenvalue weighted by Crippen LogP contribution is -2.45. The van der Waals surface area contributed by atoms with Crippen LogP contribution in [0.5, 0.6) is 0 Å². The van der Waals surface area contributed by atoms with Gasteiger partial charge in [0.25, 0.3) is 0 Å². The fraction of sp³-hybridized carbons (Fsp3) is 0.483. The van der Waals surface area contributed by atoms with E-state index in [1.165, 1.54) is 0 Å². The van der Waals surface area contributed by atoms with Gasteiger partial charge in [-0.1, -0.05) is 12.1 Å². The number of carbonyl (C=O) groups excluding carboxylic acids is 3. The summed E-state index contributed by atoms with van der Waals surface area (Å²) in [5.41, 5.74) is 4.13. The van der Waals surface area contributed by atoms with Gasteiger partial charge in [-0.2, -0.15) is 0 Å². The van der Waals surface area contributed by atoms with E-state index in [4.69, 9.17) is 0 Å². The number of rotatable bonds is 8. The smallest absolute Gasteiger partial charge is 0.225 e. The van der Waals surface area contributed by atoms with E-state index in [2.05, 4.69) is 44.3 Å². The van der Waals surface area contributed by atoms with E-state index in [0.29, 0.717) is 35.3 Å². The molecule has 2 fully saturated rings. The Labute approximate surface area is 224 Å². The second-order valence-corrected chi connectivity index (χ2v) is 10.7. The third-order valence-corrected chi connectivity index (χ3v) is 7.89. The molecular weight excluding hydrogens is 480 g/mol. The summed E-state index contributed by atoms with van der Waals surface area (Å²) >= 11 is 0. The van der Waals surface area contributed by atoms with Crippen LogP contribution in [0.25, 0.3) is 11.1 Å². The molecule has 2 N–H and O–H groups in total. The fourth-order valence-electron chi connectivity index (χ4n) is 5.34. The van der Waals surface area contributed by atoms with Gasteiger partial charge in [-0.3, -0.25) is 14.4 Å². The molecule has 2 saturated heterocycles. The first-order valence-corrected chi connectivity index (χ1v) is 13.6. The zero-order valence-electron chi connectivity index (χ0n) is 22.5. The van der Waals surface area contributed by atoms with Crippen molar-refractivity contribution in [2.75, 3.05) is 90.2 Å². The van der Waals surface area contributed by atoms with Gasteiger partial charge in [-0.05, 0) is 49.5 Å². The molecule has 9 nitrogen and oxygen atoms in total. The number of likely N-dealkylation sites (N-methyl/N-ethyl adjacent to an activating group) is 2. The molecule has 5 rings (SSSR count). The van der Waals surface area contributed by atoms with E-state index in [1.807, 2.05) is 24.3 Å². The molecule has 2 amide bonds. The van der Waals surface area contributed by atoms with Gasteiger partial charge in [0.05, 0.1) is 0 Å². The average molecular weight is 519 g/mol. The quantitative estimate of drug-likeness (QED) is 0.472. The summed E-state index contributed by atoms with van der Waals surface area (Å²) in [7, 11) is 4.23. The van der Waals surface area contributed by atoms with E-state index in [9.17, 15) is 14.4 Å². The van der Waals surface area contributed by atoms with E-state index < -0.39 is 0 Å². The SMILES string of the molecule is CN1CCN(CCC(=O)Nc2ccc3c(c2)C(=O)c2cc(NC(=O)CCN4CCN(C)CC4)ccc2-3)CC1. The van der Waals surface area contributed by atoms with E-state index in [1.54, 1.807) is 12.1 Å². The molecule has 2 aliphatic heterocycles. The number of piperazine rings is 2. The monoisotopic (exact) mass is 518 g/mol. The minimum Gasteiger partial charge on any atom is -0.326 e. The van der Waals surface area contributed by atoms with Crippen LogP contribution in [0.4, 0.5) is 11.4 Å². The summed E-state index contributed by atoms with van der Waals surface area (Å²) in [6.45, 7) is 9.49. The Balaban J connectivity index is 1.15. The van der Waals surface area contributed by atoms with Crippen molar-refractivity contribution < 1.29 is 14.4 Å². The average Bonchev–Trinajstić information content (AvgIpc) is 3.18. The normalized spacial score (nSPS) is 18.7. The van der Waals surface area contributed by atoms with Crippen molar-refractivity contribution in [3.63, 3.8) is 0 Å². The molecule has 3 aliphatic rings. The third-order valence-electron chi connectivity index (χ3n) is 7.89. The number of benzene rings is 2. The largest absolute Gasteiger partial charge is 0.326 e. The summed E-state index contributed by atoms with van der Waals surface area (Å²) < 4.78 is 0. The van der Waals surface area contributed by atoms with Crippen LogP contribution in [-0.2, 0) is 9.59 Å². The first-order chi connectivity index (χ1) is 18.4. The molecule has 0 radical (unpaired) electrons. The Morgan fingerprint density at radius 2 is 1.03 bits per heavy atom. The molecule has 0 aromatic heterocycles. The van der Waals surface area contributed by atoms with Crippen molar-refractivity contribution >= 4 is 29.0 Å². The maximum atomic E-state index is 13.2. The lowest BCUT2D eigenvalue weighted by atomic mass is 10.0. The highest BCUT2D eigenvalue weighted by Crippen LogP contribution is 2.39. The number of nitrogens with zero attached hydrogens (tertiary/aromatic N) is 4. The van der Waals surface area contributed by atoms with Gasteiger partial charge in [0.2, 0.25) is 11.8 Å². The number of anilines is 2. The number of amides is 2. The van der Waals surface area contributed by atoms with Crippen molar-refractivity contribution in [3.05, 3.63) is 47.5 Å². The summed E-state index contributed by atoms with van der Waals surface area (Å²) in [4.78, 5) is 47.6. The molecule has 2 heterocycles. The summed E-state index contributed by atoms with van der Waals surface area (Å²) in [5, 5.41) is 5.91. The van der Waals surface area contributed by atoms with Gasteiger partial charge in [0, 0.05) is 101 Å². The molecule has 0 atom stereocenters. The van der Waals surface area contributed by atoms with Gasteiger partial charge in [0.15, 0.2) is 5.78 Å². The maximum Gasteiger partial charge on any atom is 0.225 e. The highest BCUT2D eigenvalue weighted by Gasteiger charge is 2.28. The molecule has 202 valence electrons. The Morgan fingerprint density at radius 3 is 1.42 bits per heavy atom. The van der Waals surface area contributed by atoms with Crippen LogP contribution in [0.3, 0.4) is 0 Å². The predicted molar refractivity (Wildman–Crippen MR) is 150 cm³/mol. The Hall–Kier alpha value is -3.11. The van der Waals surface area contributed by atoms with Crippen LogP contribution in [0.1, 0.15) is 28.8 Å². The molecule has 1 aliphatic carbocycles. The molecule has 2 aromatic carbocycles. The molecule has 9 heteroatoms. The van der Waals surface area contributed by atoms with Gasteiger partial charge >= 0.3 is 0 Å². The fourth-order valence-corrected chi connectivity index (χ4v) is 5.34. The number of hydrogen-bond acceptors (Lipinski definition) is 7. The molecule has 2 aromatic rings. The first-order valence-electron chi connectivity index (χ1n) is 13.6. The number of fused-ring (bicyclic) bond motifs is 3. The Morgan fingerprint density at radius 1 is 0.632 bits per heavy atom. The lowest BCUT2D eigenvalue weighted by Gasteiger charge is -2.32.